The van der Waals surface area contributed by atoms with E-state index in [-0.39, 0.29) is 5.91 Å². The molecule has 14 heavy (non-hydrogen) atoms. The lowest BCUT2D eigenvalue weighted by Crippen LogP contribution is -2.31. The van der Waals surface area contributed by atoms with Crippen molar-refractivity contribution in [3.63, 3.8) is 0 Å². The summed E-state index contributed by atoms with van der Waals surface area (Å²) < 4.78 is 0. The number of thioether (sulfide) groups is 1. The molecule has 0 radical (unpaired) electrons. The van der Waals surface area contributed by atoms with Crippen molar-refractivity contribution in [2.45, 2.75) is 24.5 Å². The second-order valence-corrected chi connectivity index (χ2v) is 5.46. The Kier molecular flexibility index (Phi) is 3.70. The molecule has 1 saturated heterocycles. The maximum absolute atomic E-state index is 11.4. The first-order valence-corrected chi connectivity index (χ1v) is 6.48. The minimum atomic E-state index is 0.216. The van der Waals surface area contributed by atoms with Crippen molar-refractivity contribution in [3.05, 3.63) is 0 Å². The lowest BCUT2D eigenvalue weighted by atomic mass is 10.1. The number of nitrogens with one attached hydrogen (secondary N) is 2. The number of amides is 1. The molecule has 3 nitrogen and oxygen atoms in total. The highest BCUT2D eigenvalue weighted by atomic mass is 32.2. The first-order chi connectivity index (χ1) is 6.84. The third-order valence-electron chi connectivity index (χ3n) is 2.72. The third-order valence-corrected chi connectivity index (χ3v) is 4.10. The van der Waals surface area contributed by atoms with Gasteiger partial charge in [-0.15, -0.1) is 11.8 Å². The summed E-state index contributed by atoms with van der Waals surface area (Å²) in [7, 11) is 0. The van der Waals surface area contributed by atoms with E-state index in [9.17, 15) is 4.79 Å². The van der Waals surface area contributed by atoms with Crippen LogP contribution in [0.25, 0.3) is 0 Å². The minimum absolute atomic E-state index is 0.216. The summed E-state index contributed by atoms with van der Waals surface area (Å²) in [4.78, 5) is 11.4. The average Bonchev–Trinajstić information content (AvgIpc) is 2.87. The van der Waals surface area contributed by atoms with E-state index >= 15 is 0 Å². The van der Waals surface area contributed by atoms with Gasteiger partial charge in [0.1, 0.15) is 0 Å². The second-order valence-electron chi connectivity index (χ2n) is 4.17. The Morgan fingerprint density at radius 3 is 2.93 bits per heavy atom. The number of carbonyl (C=O) groups excluding carboxylic acids is 1. The molecule has 1 amide bonds. The van der Waals surface area contributed by atoms with Gasteiger partial charge in [-0.3, -0.25) is 4.79 Å². The van der Waals surface area contributed by atoms with Crippen LogP contribution < -0.4 is 10.6 Å². The molecular formula is C10H18N2OS. The summed E-state index contributed by atoms with van der Waals surface area (Å²) in [6, 6.07) is 0. The zero-order valence-corrected chi connectivity index (χ0v) is 9.24. The topological polar surface area (TPSA) is 41.1 Å². The first kappa shape index (κ1) is 10.3. The van der Waals surface area contributed by atoms with E-state index in [4.69, 9.17) is 0 Å². The van der Waals surface area contributed by atoms with Crippen LogP contribution in [-0.4, -0.2) is 36.5 Å². The average molecular weight is 214 g/mol. The fourth-order valence-corrected chi connectivity index (χ4v) is 2.58. The van der Waals surface area contributed by atoms with Gasteiger partial charge in [0.25, 0.3) is 0 Å². The fraction of sp³-hybridized carbons (Fsp3) is 0.900. The fourth-order valence-electron chi connectivity index (χ4n) is 1.63. The number of rotatable bonds is 5. The van der Waals surface area contributed by atoms with Crippen molar-refractivity contribution < 1.29 is 4.79 Å². The molecule has 0 aromatic rings. The molecule has 0 spiro atoms. The van der Waals surface area contributed by atoms with E-state index in [0.717, 1.165) is 24.9 Å². The van der Waals surface area contributed by atoms with Crippen molar-refractivity contribution in [1.82, 2.24) is 10.6 Å². The van der Waals surface area contributed by atoms with Crippen molar-refractivity contribution in [3.8, 4) is 0 Å². The monoisotopic (exact) mass is 214 g/mol. The van der Waals surface area contributed by atoms with E-state index in [0.29, 0.717) is 11.7 Å². The minimum Gasteiger partial charge on any atom is -0.355 e. The molecule has 1 saturated carbocycles. The SMILES string of the molecule is O=C(CSC1CC1)NCC1CCNC1. The molecule has 1 aliphatic heterocycles. The van der Waals surface area contributed by atoms with Crippen LogP contribution in [0.1, 0.15) is 19.3 Å². The van der Waals surface area contributed by atoms with Gasteiger partial charge in [-0.1, -0.05) is 0 Å². The van der Waals surface area contributed by atoms with E-state index in [1.165, 1.54) is 19.3 Å². The van der Waals surface area contributed by atoms with Crippen molar-refractivity contribution in [2.24, 2.45) is 5.92 Å². The third kappa shape index (κ3) is 3.50. The molecule has 0 bridgehead atoms. The Morgan fingerprint density at radius 1 is 1.43 bits per heavy atom. The van der Waals surface area contributed by atoms with Gasteiger partial charge < -0.3 is 10.6 Å². The number of hydrogen-bond acceptors (Lipinski definition) is 3. The van der Waals surface area contributed by atoms with Gasteiger partial charge in [0.2, 0.25) is 5.91 Å². The van der Waals surface area contributed by atoms with Gasteiger partial charge in [0.15, 0.2) is 0 Å². The number of carbonyl (C=O) groups is 1. The molecule has 1 aliphatic carbocycles. The Hall–Kier alpha value is -0.220. The smallest absolute Gasteiger partial charge is 0.230 e. The van der Waals surface area contributed by atoms with Crippen LogP contribution in [0, 0.1) is 5.92 Å². The van der Waals surface area contributed by atoms with E-state index in [1.54, 1.807) is 11.8 Å². The van der Waals surface area contributed by atoms with E-state index < -0.39 is 0 Å². The molecule has 0 aromatic heterocycles. The van der Waals surface area contributed by atoms with Crippen molar-refractivity contribution in [1.29, 1.82) is 0 Å². The maximum Gasteiger partial charge on any atom is 0.230 e. The zero-order chi connectivity index (χ0) is 9.80. The summed E-state index contributed by atoms with van der Waals surface area (Å²) in [5.74, 6) is 1.53. The highest BCUT2D eigenvalue weighted by molar-refractivity contribution is 8.00. The molecular weight excluding hydrogens is 196 g/mol. The molecule has 2 fully saturated rings. The molecule has 2 rings (SSSR count). The molecule has 1 atom stereocenters. The molecule has 4 heteroatoms. The second kappa shape index (κ2) is 5.03. The Balaban J connectivity index is 1.52. The predicted octanol–water partition coefficient (Wildman–Crippen LogP) is 0.608. The van der Waals surface area contributed by atoms with Gasteiger partial charge in [-0.25, -0.2) is 0 Å². The normalized spacial score (nSPS) is 26.4. The van der Waals surface area contributed by atoms with Gasteiger partial charge in [0, 0.05) is 11.8 Å². The summed E-state index contributed by atoms with van der Waals surface area (Å²) in [5, 5.41) is 7.09. The lowest BCUT2D eigenvalue weighted by Gasteiger charge is -2.09. The summed E-state index contributed by atoms with van der Waals surface area (Å²) in [5.41, 5.74) is 0. The molecule has 1 heterocycles. The highest BCUT2D eigenvalue weighted by Gasteiger charge is 2.23. The Bertz CT molecular complexity index is 200. The zero-order valence-electron chi connectivity index (χ0n) is 8.42. The van der Waals surface area contributed by atoms with Crippen LogP contribution >= 0.6 is 11.8 Å². The first-order valence-electron chi connectivity index (χ1n) is 5.43. The summed E-state index contributed by atoms with van der Waals surface area (Å²) in [6.45, 7) is 3.03. The molecule has 2 aliphatic rings. The van der Waals surface area contributed by atoms with E-state index in [1.807, 2.05) is 0 Å². The van der Waals surface area contributed by atoms with Crippen molar-refractivity contribution >= 4 is 17.7 Å². The largest absolute Gasteiger partial charge is 0.355 e. The van der Waals surface area contributed by atoms with Crippen LogP contribution in [0.3, 0.4) is 0 Å². The van der Waals surface area contributed by atoms with Gasteiger partial charge in [-0.05, 0) is 38.3 Å². The van der Waals surface area contributed by atoms with Crippen LogP contribution in [0.5, 0.6) is 0 Å². The maximum atomic E-state index is 11.4. The Labute approximate surface area is 89.4 Å². The summed E-state index contributed by atoms with van der Waals surface area (Å²) >= 11 is 1.81. The number of hydrogen-bond donors (Lipinski definition) is 2. The summed E-state index contributed by atoms with van der Waals surface area (Å²) in [6.07, 6.45) is 3.82. The molecule has 0 aromatic carbocycles. The highest BCUT2D eigenvalue weighted by Crippen LogP contribution is 2.33. The molecule has 80 valence electrons. The predicted molar refractivity (Wildman–Crippen MR) is 59.5 cm³/mol. The van der Waals surface area contributed by atoms with E-state index in [2.05, 4.69) is 10.6 Å². The van der Waals surface area contributed by atoms with Crippen LogP contribution in [0.4, 0.5) is 0 Å². The Morgan fingerprint density at radius 2 is 2.29 bits per heavy atom. The molecule has 2 N–H and O–H groups in total. The van der Waals surface area contributed by atoms with Gasteiger partial charge in [-0.2, -0.15) is 0 Å². The van der Waals surface area contributed by atoms with Crippen LogP contribution in [0.2, 0.25) is 0 Å². The van der Waals surface area contributed by atoms with Gasteiger partial charge in [0.05, 0.1) is 5.75 Å². The van der Waals surface area contributed by atoms with Crippen molar-refractivity contribution in [2.75, 3.05) is 25.4 Å². The standard InChI is InChI=1S/C10H18N2OS/c13-10(7-14-9-1-2-9)12-6-8-3-4-11-5-8/h8-9,11H,1-7H2,(H,12,13). The lowest BCUT2D eigenvalue weighted by molar-refractivity contribution is -0.118. The van der Waals surface area contributed by atoms with Gasteiger partial charge >= 0.3 is 0 Å². The quantitative estimate of drug-likeness (QED) is 0.704. The van der Waals surface area contributed by atoms with Crippen LogP contribution in [0.15, 0.2) is 0 Å². The van der Waals surface area contributed by atoms with Crippen LogP contribution in [-0.2, 0) is 4.79 Å². The molecule has 1 unspecified atom stereocenters.